The van der Waals surface area contributed by atoms with Crippen LogP contribution in [-0.4, -0.2) is 20.8 Å². The molecule has 1 aromatic rings. The predicted octanol–water partition coefficient (Wildman–Crippen LogP) is 2.33. The van der Waals surface area contributed by atoms with Crippen molar-refractivity contribution >= 4 is 17.2 Å². The van der Waals surface area contributed by atoms with E-state index in [9.17, 15) is 0 Å². The summed E-state index contributed by atoms with van der Waals surface area (Å²) in [6.45, 7) is 4.20. The molecule has 0 bridgehead atoms. The zero-order valence-corrected chi connectivity index (χ0v) is 9.60. The lowest BCUT2D eigenvalue weighted by Crippen LogP contribution is -2.03. The molecular formula is C11H14ClNO2. The lowest BCUT2D eigenvalue weighted by molar-refractivity contribution is 0.354. The first-order chi connectivity index (χ1) is 7.13. The van der Waals surface area contributed by atoms with E-state index in [2.05, 4.69) is 6.58 Å². The van der Waals surface area contributed by atoms with Crippen molar-refractivity contribution in [3.63, 3.8) is 0 Å². The summed E-state index contributed by atoms with van der Waals surface area (Å²) in [5, 5.41) is 0.567. The lowest BCUT2D eigenvalue weighted by atomic mass is 10.1. The number of nitrogens with two attached hydrogens (primary N) is 1. The molecule has 0 aliphatic rings. The van der Waals surface area contributed by atoms with Gasteiger partial charge in [0, 0.05) is 23.2 Å². The molecule has 0 radical (unpaired) electrons. The minimum atomic E-state index is 0.347. The molecule has 1 rings (SSSR count). The minimum absolute atomic E-state index is 0.347. The summed E-state index contributed by atoms with van der Waals surface area (Å²) in [6.07, 6.45) is 0. The number of benzene rings is 1. The van der Waals surface area contributed by atoms with E-state index in [0.717, 1.165) is 11.1 Å². The SMILES string of the molecule is C=C(CN)c1cc(Cl)cc(OC)c1OC. The van der Waals surface area contributed by atoms with Crippen LogP contribution in [0.3, 0.4) is 0 Å². The maximum atomic E-state index is 5.94. The number of ether oxygens (including phenoxy) is 2. The first kappa shape index (κ1) is 11.9. The Morgan fingerprint density at radius 1 is 1.40 bits per heavy atom. The summed E-state index contributed by atoms with van der Waals surface area (Å²) in [6, 6.07) is 3.45. The highest BCUT2D eigenvalue weighted by Gasteiger charge is 2.13. The Hall–Kier alpha value is -1.19. The van der Waals surface area contributed by atoms with Crippen molar-refractivity contribution in [3.05, 3.63) is 29.3 Å². The van der Waals surface area contributed by atoms with Crippen molar-refractivity contribution in [2.24, 2.45) is 5.73 Å². The Kier molecular flexibility index (Phi) is 4.00. The molecule has 0 heterocycles. The quantitative estimate of drug-likeness (QED) is 0.859. The fourth-order valence-corrected chi connectivity index (χ4v) is 1.51. The molecule has 1 aromatic carbocycles. The van der Waals surface area contributed by atoms with Crippen LogP contribution in [-0.2, 0) is 0 Å². The topological polar surface area (TPSA) is 44.5 Å². The summed E-state index contributed by atoms with van der Waals surface area (Å²) in [5.41, 5.74) is 7.07. The molecule has 0 aliphatic heterocycles. The molecule has 3 nitrogen and oxygen atoms in total. The van der Waals surface area contributed by atoms with Crippen molar-refractivity contribution in [2.45, 2.75) is 0 Å². The van der Waals surface area contributed by atoms with E-state index in [0.29, 0.717) is 23.1 Å². The van der Waals surface area contributed by atoms with Crippen LogP contribution in [0.25, 0.3) is 5.57 Å². The number of rotatable bonds is 4. The van der Waals surface area contributed by atoms with Gasteiger partial charge in [-0.05, 0) is 11.6 Å². The van der Waals surface area contributed by atoms with Crippen LogP contribution in [0.2, 0.25) is 5.02 Å². The summed E-state index contributed by atoms with van der Waals surface area (Å²) in [4.78, 5) is 0. The van der Waals surface area contributed by atoms with Crippen LogP contribution in [0.5, 0.6) is 11.5 Å². The Morgan fingerprint density at radius 3 is 2.53 bits per heavy atom. The van der Waals surface area contributed by atoms with Gasteiger partial charge in [-0.15, -0.1) is 0 Å². The molecule has 2 N–H and O–H groups in total. The molecule has 15 heavy (non-hydrogen) atoms. The molecule has 0 aliphatic carbocycles. The second kappa shape index (κ2) is 5.05. The maximum absolute atomic E-state index is 5.94. The van der Waals surface area contributed by atoms with Crippen molar-refractivity contribution in [2.75, 3.05) is 20.8 Å². The van der Waals surface area contributed by atoms with Gasteiger partial charge in [-0.2, -0.15) is 0 Å². The summed E-state index contributed by atoms with van der Waals surface area (Å²) in [5.74, 6) is 1.19. The Labute approximate surface area is 94.4 Å². The second-order valence-electron chi connectivity index (χ2n) is 3.00. The minimum Gasteiger partial charge on any atom is -0.493 e. The van der Waals surface area contributed by atoms with E-state index < -0.39 is 0 Å². The molecule has 0 saturated carbocycles. The fourth-order valence-electron chi connectivity index (χ4n) is 1.30. The Balaban J connectivity index is 3.35. The molecule has 82 valence electrons. The lowest BCUT2D eigenvalue weighted by Gasteiger charge is -2.14. The molecule has 0 atom stereocenters. The number of hydrogen-bond acceptors (Lipinski definition) is 3. The summed E-state index contributed by atoms with van der Waals surface area (Å²) < 4.78 is 10.4. The number of methoxy groups -OCH3 is 2. The second-order valence-corrected chi connectivity index (χ2v) is 3.43. The molecule has 0 unspecified atom stereocenters. The maximum Gasteiger partial charge on any atom is 0.168 e. The highest BCUT2D eigenvalue weighted by molar-refractivity contribution is 6.31. The fraction of sp³-hybridized carbons (Fsp3) is 0.273. The zero-order valence-electron chi connectivity index (χ0n) is 8.84. The van der Waals surface area contributed by atoms with Gasteiger partial charge in [0.25, 0.3) is 0 Å². The van der Waals surface area contributed by atoms with Crippen molar-refractivity contribution in [1.82, 2.24) is 0 Å². The van der Waals surface area contributed by atoms with Crippen LogP contribution in [0.15, 0.2) is 18.7 Å². The molecule has 0 spiro atoms. The van der Waals surface area contributed by atoms with Gasteiger partial charge in [-0.1, -0.05) is 18.2 Å². The van der Waals surface area contributed by atoms with Crippen LogP contribution in [0.1, 0.15) is 5.56 Å². The van der Waals surface area contributed by atoms with Gasteiger partial charge < -0.3 is 15.2 Å². The third kappa shape index (κ3) is 2.43. The van der Waals surface area contributed by atoms with Crippen LogP contribution in [0, 0.1) is 0 Å². The largest absolute Gasteiger partial charge is 0.493 e. The van der Waals surface area contributed by atoms with Crippen molar-refractivity contribution in [3.8, 4) is 11.5 Å². The van der Waals surface area contributed by atoms with Crippen LogP contribution in [0.4, 0.5) is 0 Å². The molecule has 0 amide bonds. The van der Waals surface area contributed by atoms with E-state index >= 15 is 0 Å². The highest BCUT2D eigenvalue weighted by atomic mass is 35.5. The smallest absolute Gasteiger partial charge is 0.168 e. The van der Waals surface area contributed by atoms with Gasteiger partial charge in [0.1, 0.15) is 0 Å². The normalized spacial score (nSPS) is 9.87. The van der Waals surface area contributed by atoms with E-state index in [1.165, 1.54) is 0 Å². The molecule has 0 fully saturated rings. The van der Waals surface area contributed by atoms with Crippen molar-refractivity contribution in [1.29, 1.82) is 0 Å². The first-order valence-corrected chi connectivity index (χ1v) is 4.81. The third-order valence-corrected chi connectivity index (χ3v) is 2.29. The van der Waals surface area contributed by atoms with Gasteiger partial charge >= 0.3 is 0 Å². The number of hydrogen-bond donors (Lipinski definition) is 1. The van der Waals surface area contributed by atoms with E-state index in [4.69, 9.17) is 26.8 Å². The molecule has 4 heteroatoms. The number of halogens is 1. The summed E-state index contributed by atoms with van der Waals surface area (Å²) in [7, 11) is 3.13. The zero-order chi connectivity index (χ0) is 11.4. The molecular weight excluding hydrogens is 214 g/mol. The van der Waals surface area contributed by atoms with E-state index in [1.807, 2.05) is 0 Å². The monoisotopic (exact) mass is 227 g/mol. The standard InChI is InChI=1S/C11H14ClNO2/c1-7(6-13)9-4-8(12)5-10(14-2)11(9)15-3/h4-5H,1,6,13H2,2-3H3. The van der Waals surface area contributed by atoms with Crippen LogP contribution < -0.4 is 15.2 Å². The Bertz CT molecular complexity index is 377. The predicted molar refractivity (Wildman–Crippen MR) is 62.6 cm³/mol. The van der Waals surface area contributed by atoms with E-state index in [1.54, 1.807) is 26.4 Å². The molecule has 0 aromatic heterocycles. The average molecular weight is 228 g/mol. The third-order valence-electron chi connectivity index (χ3n) is 2.07. The van der Waals surface area contributed by atoms with Gasteiger partial charge in [0.15, 0.2) is 11.5 Å². The van der Waals surface area contributed by atoms with Gasteiger partial charge in [-0.25, -0.2) is 0 Å². The highest BCUT2D eigenvalue weighted by Crippen LogP contribution is 2.37. The molecule has 0 saturated heterocycles. The first-order valence-electron chi connectivity index (χ1n) is 4.43. The van der Waals surface area contributed by atoms with E-state index in [-0.39, 0.29) is 0 Å². The van der Waals surface area contributed by atoms with Crippen LogP contribution >= 0.6 is 11.6 Å². The van der Waals surface area contributed by atoms with Gasteiger partial charge in [-0.3, -0.25) is 0 Å². The van der Waals surface area contributed by atoms with Gasteiger partial charge in [0.05, 0.1) is 14.2 Å². The average Bonchev–Trinajstić information content (AvgIpc) is 2.26. The van der Waals surface area contributed by atoms with Crippen molar-refractivity contribution < 1.29 is 9.47 Å². The summed E-state index contributed by atoms with van der Waals surface area (Å²) >= 11 is 5.94. The van der Waals surface area contributed by atoms with Gasteiger partial charge in [0.2, 0.25) is 0 Å². The Morgan fingerprint density at radius 2 is 2.07 bits per heavy atom.